The summed E-state index contributed by atoms with van der Waals surface area (Å²) < 4.78 is 40.0. The van der Waals surface area contributed by atoms with E-state index in [2.05, 4.69) is 20.3 Å². The highest BCUT2D eigenvalue weighted by Crippen LogP contribution is 2.39. The molecule has 1 saturated carbocycles. The van der Waals surface area contributed by atoms with Crippen LogP contribution in [0.15, 0.2) is 35.7 Å². The minimum absolute atomic E-state index is 0.0363. The van der Waals surface area contributed by atoms with Crippen LogP contribution in [0.25, 0.3) is 10.7 Å². The fraction of sp³-hybridized carbons (Fsp3) is 0.429. The van der Waals surface area contributed by atoms with E-state index in [9.17, 15) is 8.78 Å². The molecule has 31 heavy (non-hydrogen) atoms. The molecule has 1 aliphatic carbocycles. The summed E-state index contributed by atoms with van der Waals surface area (Å²) in [4.78, 5) is 3.17. The van der Waals surface area contributed by atoms with Crippen LogP contribution in [0.1, 0.15) is 31.4 Å². The Hall–Kier alpha value is -2.30. The monoisotopic (exact) mass is 466 g/mol. The molecule has 0 radical (unpaired) electrons. The van der Waals surface area contributed by atoms with Crippen LogP contribution >= 0.6 is 23.6 Å². The Balaban J connectivity index is 1.51. The predicted molar refractivity (Wildman–Crippen MR) is 118 cm³/mol. The lowest BCUT2D eigenvalue weighted by Crippen LogP contribution is -2.22. The van der Waals surface area contributed by atoms with Crippen molar-refractivity contribution in [2.45, 2.75) is 45.6 Å². The molecule has 6 nitrogen and oxygen atoms in total. The van der Waals surface area contributed by atoms with Crippen molar-refractivity contribution in [2.75, 3.05) is 13.7 Å². The molecule has 1 aliphatic rings. The van der Waals surface area contributed by atoms with Crippen molar-refractivity contribution in [3.05, 3.63) is 46.0 Å². The number of thiophene rings is 1. The van der Waals surface area contributed by atoms with E-state index in [1.54, 1.807) is 30.4 Å². The minimum atomic E-state index is -2.89. The molecule has 0 amide bonds. The van der Waals surface area contributed by atoms with Gasteiger partial charge in [-0.3, -0.25) is 9.47 Å². The maximum absolute atomic E-state index is 12.6. The van der Waals surface area contributed by atoms with E-state index < -0.39 is 6.61 Å². The summed E-state index contributed by atoms with van der Waals surface area (Å²) in [6.45, 7) is 0.345. The second kappa shape index (κ2) is 9.46. The molecule has 166 valence electrons. The maximum atomic E-state index is 12.6. The first-order chi connectivity index (χ1) is 15.0. The van der Waals surface area contributed by atoms with E-state index in [1.807, 2.05) is 23.2 Å². The Morgan fingerprint density at radius 2 is 2.10 bits per heavy atom. The summed E-state index contributed by atoms with van der Waals surface area (Å²) in [6, 6.07) is 9.52. The van der Waals surface area contributed by atoms with Gasteiger partial charge in [0.25, 0.3) is 0 Å². The molecule has 0 spiro atoms. The van der Waals surface area contributed by atoms with Crippen molar-refractivity contribution in [3.63, 3.8) is 0 Å². The predicted octanol–water partition coefficient (Wildman–Crippen LogP) is 5.57. The van der Waals surface area contributed by atoms with E-state index in [0.29, 0.717) is 36.4 Å². The number of halogens is 2. The Bertz CT molecular complexity index is 1080. The van der Waals surface area contributed by atoms with Crippen LogP contribution in [0, 0.1) is 4.77 Å². The van der Waals surface area contributed by atoms with Gasteiger partial charge in [0.2, 0.25) is 0 Å². The summed E-state index contributed by atoms with van der Waals surface area (Å²) in [6.07, 6.45) is 2.25. The van der Waals surface area contributed by atoms with Gasteiger partial charge in [0, 0.05) is 12.6 Å². The molecule has 0 bridgehead atoms. The van der Waals surface area contributed by atoms with Crippen LogP contribution in [-0.4, -0.2) is 39.5 Å². The summed E-state index contributed by atoms with van der Waals surface area (Å²) in [5.41, 5.74) is 0.916. The first kappa shape index (κ1) is 21.9. The molecule has 2 heterocycles. The van der Waals surface area contributed by atoms with Gasteiger partial charge in [0.05, 0.1) is 18.2 Å². The Labute approximate surface area is 188 Å². The van der Waals surface area contributed by atoms with Crippen LogP contribution in [0.2, 0.25) is 0 Å². The van der Waals surface area contributed by atoms with Crippen molar-refractivity contribution < 1.29 is 18.3 Å². The fourth-order valence-electron chi connectivity index (χ4n) is 3.45. The number of nitrogens with zero attached hydrogens (tertiary/aromatic N) is 4. The van der Waals surface area contributed by atoms with Crippen LogP contribution in [-0.2, 0) is 13.2 Å². The molecule has 3 aromatic rings. The zero-order valence-electron chi connectivity index (χ0n) is 17.3. The molecule has 0 saturated heterocycles. The van der Waals surface area contributed by atoms with Crippen LogP contribution in [0.4, 0.5) is 8.78 Å². The minimum Gasteiger partial charge on any atom is -0.490 e. The maximum Gasteiger partial charge on any atom is 0.387 e. The highest BCUT2D eigenvalue weighted by Gasteiger charge is 2.29. The highest BCUT2D eigenvalue weighted by atomic mass is 32.1. The largest absolute Gasteiger partial charge is 0.490 e. The number of benzene rings is 1. The molecule has 0 unspecified atom stereocenters. The third kappa shape index (κ3) is 5.13. The molecule has 0 N–H and O–H groups in total. The van der Waals surface area contributed by atoms with Crippen LogP contribution in [0.5, 0.6) is 11.5 Å². The lowest BCUT2D eigenvalue weighted by Gasteiger charge is -2.18. The first-order valence-corrected chi connectivity index (χ1v) is 11.4. The molecule has 0 aliphatic heterocycles. The fourth-order valence-corrected chi connectivity index (χ4v) is 4.49. The summed E-state index contributed by atoms with van der Waals surface area (Å²) in [5.74, 6) is 1.26. The highest BCUT2D eigenvalue weighted by molar-refractivity contribution is 7.71. The van der Waals surface area contributed by atoms with Gasteiger partial charge in [-0.05, 0) is 68.2 Å². The van der Waals surface area contributed by atoms with Gasteiger partial charge in [-0.2, -0.15) is 8.78 Å². The summed E-state index contributed by atoms with van der Waals surface area (Å²) in [5, 5.41) is 6.84. The lowest BCUT2D eigenvalue weighted by molar-refractivity contribution is -0.0514. The molecule has 1 aromatic carbocycles. The third-order valence-corrected chi connectivity index (χ3v) is 6.15. The number of ether oxygens (including phenoxy) is 2. The zero-order chi connectivity index (χ0) is 22.0. The van der Waals surface area contributed by atoms with Crippen molar-refractivity contribution >= 4 is 23.6 Å². The SMILES string of the molecule is CCOc1cc(CN(C)Cn2nc(-c3cccs3)n(C3CC3)c2=S)ccc1OC(F)F. The number of alkyl halides is 2. The third-order valence-electron chi connectivity index (χ3n) is 4.88. The van der Waals surface area contributed by atoms with E-state index in [-0.39, 0.29) is 5.75 Å². The smallest absolute Gasteiger partial charge is 0.387 e. The Kier molecular flexibility index (Phi) is 6.68. The zero-order valence-corrected chi connectivity index (χ0v) is 19.0. The standard InChI is InChI=1S/C21H24F2N4O2S2/c1-3-28-17-11-14(6-9-16(17)29-20(22)23)12-25(2)13-26-21(30)27(15-7-8-15)19(24-26)18-5-4-10-31-18/h4-6,9-11,15,20H,3,7-8,12-13H2,1-2H3. The van der Waals surface area contributed by atoms with E-state index in [1.165, 1.54) is 6.07 Å². The van der Waals surface area contributed by atoms with Gasteiger partial charge in [0.1, 0.15) is 0 Å². The number of rotatable bonds is 10. The lowest BCUT2D eigenvalue weighted by atomic mass is 10.2. The average molecular weight is 467 g/mol. The summed E-state index contributed by atoms with van der Waals surface area (Å²) >= 11 is 7.39. The molecule has 1 fully saturated rings. The van der Waals surface area contributed by atoms with Gasteiger partial charge >= 0.3 is 6.61 Å². The van der Waals surface area contributed by atoms with Crippen molar-refractivity contribution in [1.29, 1.82) is 0 Å². The van der Waals surface area contributed by atoms with E-state index in [0.717, 1.165) is 29.1 Å². The molecular weight excluding hydrogens is 442 g/mol. The van der Waals surface area contributed by atoms with Gasteiger partial charge in [0.15, 0.2) is 22.1 Å². The summed E-state index contributed by atoms with van der Waals surface area (Å²) in [7, 11) is 1.96. The first-order valence-electron chi connectivity index (χ1n) is 10.1. The number of aromatic nitrogens is 3. The van der Waals surface area contributed by atoms with Crippen LogP contribution < -0.4 is 9.47 Å². The Morgan fingerprint density at radius 3 is 2.74 bits per heavy atom. The molecule has 0 atom stereocenters. The normalized spacial score (nSPS) is 13.9. The molecule has 10 heteroatoms. The van der Waals surface area contributed by atoms with Crippen molar-refractivity contribution in [3.8, 4) is 22.2 Å². The Morgan fingerprint density at radius 1 is 1.29 bits per heavy atom. The number of hydrogen-bond acceptors (Lipinski definition) is 6. The quantitative estimate of drug-likeness (QED) is 0.366. The van der Waals surface area contributed by atoms with Gasteiger partial charge in [-0.25, -0.2) is 4.68 Å². The van der Waals surface area contributed by atoms with Crippen molar-refractivity contribution in [1.82, 2.24) is 19.2 Å². The van der Waals surface area contributed by atoms with E-state index in [4.69, 9.17) is 22.1 Å². The molecule has 4 rings (SSSR count). The van der Waals surface area contributed by atoms with Crippen LogP contribution in [0.3, 0.4) is 0 Å². The van der Waals surface area contributed by atoms with Gasteiger partial charge in [-0.15, -0.1) is 16.4 Å². The topological polar surface area (TPSA) is 44.5 Å². The van der Waals surface area contributed by atoms with E-state index >= 15 is 0 Å². The number of hydrogen-bond donors (Lipinski definition) is 0. The van der Waals surface area contributed by atoms with Gasteiger partial charge < -0.3 is 9.47 Å². The molecule has 2 aromatic heterocycles. The molecular formula is C21H24F2N4O2S2. The van der Waals surface area contributed by atoms with Gasteiger partial charge in [-0.1, -0.05) is 12.1 Å². The second-order valence-electron chi connectivity index (χ2n) is 7.43. The average Bonchev–Trinajstić information content (AvgIpc) is 3.29. The second-order valence-corrected chi connectivity index (χ2v) is 8.75. The van der Waals surface area contributed by atoms with Crippen molar-refractivity contribution in [2.24, 2.45) is 0 Å².